The number of rotatable bonds is 4. The van der Waals surface area contributed by atoms with E-state index >= 15 is 0 Å². The van der Waals surface area contributed by atoms with E-state index in [1.165, 1.54) is 11.3 Å². The molecule has 1 N–H and O–H groups in total. The molecular formula is C18H27N3O2. The lowest BCUT2D eigenvalue weighted by Crippen LogP contribution is -2.49. The van der Waals surface area contributed by atoms with Crippen molar-refractivity contribution in [2.24, 2.45) is 0 Å². The molecule has 0 atom stereocenters. The van der Waals surface area contributed by atoms with Crippen LogP contribution < -0.4 is 4.90 Å². The zero-order valence-corrected chi connectivity index (χ0v) is 14.2. The van der Waals surface area contributed by atoms with Crippen LogP contribution in [0.3, 0.4) is 0 Å². The molecule has 23 heavy (non-hydrogen) atoms. The van der Waals surface area contributed by atoms with Crippen LogP contribution in [0.15, 0.2) is 24.3 Å². The first kappa shape index (κ1) is 16.3. The number of aliphatic hydroxyl groups excluding tert-OH is 1. The normalized spacial score (nSPS) is 19.5. The predicted molar refractivity (Wildman–Crippen MR) is 91.8 cm³/mol. The highest BCUT2D eigenvalue weighted by Gasteiger charge is 2.44. The molecule has 3 rings (SSSR count). The molecule has 1 aromatic carbocycles. The van der Waals surface area contributed by atoms with Crippen molar-refractivity contribution in [3.8, 4) is 0 Å². The highest BCUT2D eigenvalue weighted by atomic mass is 16.3. The number of β-amino-alcohol motifs (C(OH)–C–C–N with tert-alkyl or cyclic N) is 1. The molecule has 0 radical (unpaired) electrons. The summed E-state index contributed by atoms with van der Waals surface area (Å²) in [6.07, 6.45) is 2.01. The second-order valence-electron chi connectivity index (χ2n) is 7.06. The fourth-order valence-corrected chi connectivity index (χ4v) is 4.04. The van der Waals surface area contributed by atoms with Crippen LogP contribution in [-0.2, 0) is 10.2 Å². The van der Waals surface area contributed by atoms with Crippen LogP contribution in [0, 0.1) is 0 Å². The average Bonchev–Trinajstić information content (AvgIpc) is 2.82. The van der Waals surface area contributed by atoms with Gasteiger partial charge in [0.25, 0.3) is 0 Å². The highest BCUT2D eigenvalue weighted by Crippen LogP contribution is 2.46. The molecule has 2 aliphatic heterocycles. The van der Waals surface area contributed by atoms with E-state index in [1.807, 2.05) is 23.9 Å². The van der Waals surface area contributed by atoms with E-state index in [4.69, 9.17) is 0 Å². The first-order chi connectivity index (χ1) is 11.1. The molecule has 0 saturated carbocycles. The van der Waals surface area contributed by atoms with Gasteiger partial charge in [-0.05, 0) is 38.6 Å². The maximum atomic E-state index is 12.3. The molecule has 5 nitrogen and oxygen atoms in total. The molecular weight excluding hydrogens is 290 g/mol. The minimum absolute atomic E-state index is 0.140. The Balaban J connectivity index is 1.74. The number of carbonyl (C=O) groups excluding carboxylic acids is 1. The molecule has 0 aliphatic carbocycles. The largest absolute Gasteiger partial charge is 0.395 e. The van der Waals surface area contributed by atoms with Crippen LogP contribution in [0.4, 0.5) is 5.69 Å². The van der Waals surface area contributed by atoms with E-state index < -0.39 is 0 Å². The van der Waals surface area contributed by atoms with E-state index in [0.717, 1.165) is 32.5 Å². The number of fused-ring (bicyclic) bond motifs is 2. The summed E-state index contributed by atoms with van der Waals surface area (Å²) in [7, 11) is 3.87. The number of carbonyl (C=O) groups is 1. The molecule has 1 aromatic rings. The molecule has 2 aliphatic rings. The van der Waals surface area contributed by atoms with Crippen molar-refractivity contribution in [1.82, 2.24) is 9.80 Å². The summed E-state index contributed by atoms with van der Waals surface area (Å²) < 4.78 is 0. The summed E-state index contributed by atoms with van der Waals surface area (Å²) in [5.74, 6) is 0.225. The van der Waals surface area contributed by atoms with E-state index in [-0.39, 0.29) is 17.9 Å². The number of benzene rings is 1. The number of aliphatic hydroxyl groups is 1. The SMILES string of the molecule is CN(C)CC(=O)N1CCC2(CC1)CN(CCO)c1ccccc12. The number of likely N-dealkylation sites (N-methyl/N-ethyl adjacent to an activating group) is 1. The van der Waals surface area contributed by atoms with E-state index in [2.05, 4.69) is 29.2 Å². The van der Waals surface area contributed by atoms with Gasteiger partial charge in [0.1, 0.15) is 0 Å². The maximum absolute atomic E-state index is 12.3. The molecule has 1 amide bonds. The lowest BCUT2D eigenvalue weighted by molar-refractivity contribution is -0.133. The summed E-state index contributed by atoms with van der Waals surface area (Å²) in [6.45, 7) is 3.96. The number of likely N-dealkylation sites (tertiary alicyclic amines) is 1. The monoisotopic (exact) mass is 317 g/mol. The summed E-state index contributed by atoms with van der Waals surface area (Å²) >= 11 is 0. The van der Waals surface area contributed by atoms with Crippen molar-refractivity contribution in [2.45, 2.75) is 18.3 Å². The first-order valence-electron chi connectivity index (χ1n) is 8.43. The second-order valence-corrected chi connectivity index (χ2v) is 7.06. The number of amides is 1. The fraction of sp³-hybridized carbons (Fsp3) is 0.611. The Hall–Kier alpha value is -1.59. The van der Waals surface area contributed by atoms with Crippen molar-refractivity contribution < 1.29 is 9.90 Å². The second kappa shape index (κ2) is 6.49. The molecule has 0 unspecified atom stereocenters. The number of piperidine rings is 1. The van der Waals surface area contributed by atoms with Gasteiger partial charge in [-0.1, -0.05) is 18.2 Å². The summed E-state index contributed by atoms with van der Waals surface area (Å²) in [6, 6.07) is 8.55. The zero-order valence-electron chi connectivity index (χ0n) is 14.2. The lowest BCUT2D eigenvalue weighted by atomic mass is 9.74. The van der Waals surface area contributed by atoms with Gasteiger partial charge in [0.2, 0.25) is 5.91 Å². The van der Waals surface area contributed by atoms with Crippen LogP contribution in [0.25, 0.3) is 0 Å². The Morgan fingerprint density at radius 3 is 2.61 bits per heavy atom. The van der Waals surface area contributed by atoms with Gasteiger partial charge in [0.05, 0.1) is 13.2 Å². The van der Waals surface area contributed by atoms with Crippen molar-refractivity contribution in [3.05, 3.63) is 29.8 Å². The Morgan fingerprint density at radius 2 is 1.96 bits per heavy atom. The smallest absolute Gasteiger partial charge is 0.236 e. The third kappa shape index (κ3) is 3.08. The molecule has 2 heterocycles. The van der Waals surface area contributed by atoms with Gasteiger partial charge < -0.3 is 19.8 Å². The molecule has 0 aromatic heterocycles. The van der Waals surface area contributed by atoms with Crippen LogP contribution >= 0.6 is 0 Å². The van der Waals surface area contributed by atoms with Gasteiger partial charge >= 0.3 is 0 Å². The van der Waals surface area contributed by atoms with Crippen LogP contribution in [0.5, 0.6) is 0 Å². The standard InChI is InChI=1S/C18H27N3O2/c1-19(2)13-17(23)20-9-7-18(8-10-20)14-21(11-12-22)16-6-4-3-5-15(16)18/h3-6,22H,7-14H2,1-2H3. The number of para-hydroxylation sites is 1. The number of nitrogens with zero attached hydrogens (tertiary/aromatic N) is 3. The van der Waals surface area contributed by atoms with Gasteiger partial charge in [-0.25, -0.2) is 0 Å². The van der Waals surface area contributed by atoms with E-state index in [9.17, 15) is 9.90 Å². The Bertz CT molecular complexity index is 565. The minimum Gasteiger partial charge on any atom is -0.395 e. The predicted octanol–water partition coefficient (Wildman–Crippen LogP) is 0.921. The number of anilines is 1. The zero-order chi connectivity index (χ0) is 16.4. The quantitative estimate of drug-likeness (QED) is 0.897. The van der Waals surface area contributed by atoms with Crippen LogP contribution in [0.2, 0.25) is 0 Å². The van der Waals surface area contributed by atoms with Gasteiger partial charge in [-0.15, -0.1) is 0 Å². The van der Waals surface area contributed by atoms with Crippen LogP contribution in [-0.4, -0.2) is 74.2 Å². The van der Waals surface area contributed by atoms with Gasteiger partial charge in [-0.3, -0.25) is 4.79 Å². The summed E-state index contributed by atoms with van der Waals surface area (Å²) in [5, 5.41) is 9.34. The molecule has 1 fully saturated rings. The van der Waals surface area contributed by atoms with Gasteiger partial charge in [0.15, 0.2) is 0 Å². The van der Waals surface area contributed by atoms with Crippen molar-refractivity contribution >= 4 is 11.6 Å². The Labute approximate surface area is 138 Å². The maximum Gasteiger partial charge on any atom is 0.236 e. The fourth-order valence-electron chi connectivity index (χ4n) is 4.04. The highest BCUT2D eigenvalue weighted by molar-refractivity contribution is 5.78. The Kier molecular flexibility index (Phi) is 4.60. The Morgan fingerprint density at radius 1 is 1.26 bits per heavy atom. The third-order valence-electron chi connectivity index (χ3n) is 5.20. The van der Waals surface area contributed by atoms with Gasteiger partial charge in [-0.2, -0.15) is 0 Å². The average molecular weight is 317 g/mol. The molecule has 1 saturated heterocycles. The molecule has 5 heteroatoms. The summed E-state index contributed by atoms with van der Waals surface area (Å²) in [5.41, 5.74) is 2.79. The number of hydrogen-bond donors (Lipinski definition) is 1. The van der Waals surface area contributed by atoms with E-state index in [0.29, 0.717) is 13.1 Å². The van der Waals surface area contributed by atoms with Crippen LogP contribution in [0.1, 0.15) is 18.4 Å². The number of hydrogen-bond acceptors (Lipinski definition) is 4. The third-order valence-corrected chi connectivity index (χ3v) is 5.20. The topological polar surface area (TPSA) is 47.0 Å². The summed E-state index contributed by atoms with van der Waals surface area (Å²) in [4.78, 5) is 18.5. The minimum atomic E-state index is 0.140. The molecule has 126 valence electrons. The van der Waals surface area contributed by atoms with Crippen molar-refractivity contribution in [1.29, 1.82) is 0 Å². The van der Waals surface area contributed by atoms with Crippen molar-refractivity contribution in [3.63, 3.8) is 0 Å². The van der Waals surface area contributed by atoms with Gasteiger partial charge in [0, 0.05) is 37.3 Å². The molecule has 0 bridgehead atoms. The van der Waals surface area contributed by atoms with E-state index in [1.54, 1.807) is 0 Å². The van der Waals surface area contributed by atoms with Crippen molar-refractivity contribution in [2.75, 3.05) is 58.3 Å². The lowest BCUT2D eigenvalue weighted by Gasteiger charge is -2.40. The molecule has 1 spiro atoms. The first-order valence-corrected chi connectivity index (χ1v) is 8.43.